The van der Waals surface area contributed by atoms with Crippen molar-refractivity contribution in [2.24, 2.45) is 0 Å². The highest BCUT2D eigenvalue weighted by Gasteiger charge is 2.45. The maximum absolute atomic E-state index is 12.9. The summed E-state index contributed by atoms with van der Waals surface area (Å²) in [5.41, 5.74) is -1.38. The minimum Gasteiger partial charge on any atom is -0.504 e. The molecule has 1 heterocycles. The summed E-state index contributed by atoms with van der Waals surface area (Å²) < 4.78 is 21.1. The topological polar surface area (TPSA) is 290 Å². The molecule has 1 saturated heterocycles. The second-order valence-corrected chi connectivity index (χ2v) is 9.36. The third kappa shape index (κ3) is 6.32. The van der Waals surface area contributed by atoms with Gasteiger partial charge in [-0.2, -0.15) is 0 Å². The van der Waals surface area contributed by atoms with Gasteiger partial charge in [-0.1, -0.05) is 0 Å². The van der Waals surface area contributed by atoms with E-state index in [0.717, 1.165) is 36.4 Å². The first-order chi connectivity index (χ1) is 20.7. The van der Waals surface area contributed by atoms with Crippen molar-refractivity contribution in [3.8, 4) is 51.7 Å². The van der Waals surface area contributed by atoms with E-state index in [9.17, 15) is 65.4 Å². The van der Waals surface area contributed by atoms with Crippen LogP contribution in [0.4, 0.5) is 0 Å². The lowest BCUT2D eigenvalue weighted by Crippen LogP contribution is -2.57. The van der Waals surface area contributed by atoms with Crippen molar-refractivity contribution in [3.05, 3.63) is 53.1 Å². The van der Waals surface area contributed by atoms with Crippen LogP contribution in [0, 0.1) is 0 Å². The number of carbonyl (C=O) groups is 3. The summed E-state index contributed by atoms with van der Waals surface area (Å²) in [4.78, 5) is 38.1. The fourth-order valence-corrected chi connectivity index (χ4v) is 4.04. The van der Waals surface area contributed by atoms with Crippen molar-refractivity contribution >= 4 is 17.9 Å². The minimum atomic E-state index is -1.90. The van der Waals surface area contributed by atoms with Crippen molar-refractivity contribution in [2.45, 2.75) is 24.4 Å². The van der Waals surface area contributed by atoms with E-state index in [1.54, 1.807) is 0 Å². The number of phenolic OH excluding ortho intramolecular Hbond substituents is 9. The molecular formula is C27H24O17. The third-order valence-electron chi connectivity index (χ3n) is 6.35. The fraction of sp³-hybridized carbons (Fsp3) is 0.222. The number of ether oxygens (including phenoxy) is 4. The highest BCUT2D eigenvalue weighted by Crippen LogP contribution is 2.38. The van der Waals surface area contributed by atoms with Crippen LogP contribution in [0.2, 0.25) is 0 Å². The molecule has 1 aliphatic rings. The Morgan fingerprint density at radius 3 is 1.39 bits per heavy atom. The summed E-state index contributed by atoms with van der Waals surface area (Å²) in [6.07, 6.45) is -6.74. The first kappa shape index (κ1) is 31.1. The number of aliphatic hydroxyl groups excluding tert-OH is 1. The zero-order chi connectivity index (χ0) is 32.5. The van der Waals surface area contributed by atoms with Crippen molar-refractivity contribution in [1.82, 2.24) is 0 Å². The van der Waals surface area contributed by atoms with E-state index in [4.69, 9.17) is 18.9 Å². The lowest BCUT2D eigenvalue weighted by atomic mass is 9.99. The number of aromatic hydroxyl groups is 9. The number of carbonyl (C=O) groups excluding carboxylic acids is 3. The molecule has 234 valence electrons. The molecule has 1 fully saturated rings. The van der Waals surface area contributed by atoms with Crippen LogP contribution >= 0.6 is 0 Å². The molecule has 0 radical (unpaired) electrons. The van der Waals surface area contributed by atoms with E-state index < -0.39 is 124 Å². The summed E-state index contributed by atoms with van der Waals surface area (Å²) in [7, 11) is 0. The van der Waals surface area contributed by atoms with Crippen LogP contribution in [0.1, 0.15) is 31.1 Å². The second kappa shape index (κ2) is 12.2. The quantitative estimate of drug-likeness (QED) is 0.0971. The van der Waals surface area contributed by atoms with E-state index in [1.165, 1.54) is 0 Å². The van der Waals surface area contributed by atoms with Gasteiger partial charge in [-0.3, -0.25) is 0 Å². The number of phenols is 9. The van der Waals surface area contributed by atoms with Gasteiger partial charge in [0, 0.05) is 0 Å². The molecule has 1 aliphatic heterocycles. The molecule has 3 aromatic carbocycles. The van der Waals surface area contributed by atoms with Crippen LogP contribution in [-0.4, -0.2) is 107 Å². The van der Waals surface area contributed by atoms with E-state index >= 15 is 0 Å². The SMILES string of the molecule is O=C(OC[C@H]1OC[C@H](OC(=O)c2cc(O)c(O)c(O)c2)[C@@H](OC(=O)c2cc(O)c(O)c(O)c2)[C@@H]1O)c1cc(O)c(O)c(O)c1. The standard InChI is InChI=1S/C27H24O17/c28-12-1-9(2-13(29)20(12)34)25(38)42-7-18-23(37)24(44-27(40)11-5-16(32)22(36)17(33)6-11)19(8-41-18)43-26(39)10-3-14(30)21(35)15(31)4-10/h1-6,18-19,23-24,28-37H,7-8H2/t18-,19+,23-,24-/m1/s1. The molecule has 0 spiro atoms. The highest BCUT2D eigenvalue weighted by atomic mass is 16.6. The van der Waals surface area contributed by atoms with Crippen molar-refractivity contribution in [1.29, 1.82) is 0 Å². The molecule has 17 heteroatoms. The number of rotatable bonds is 7. The normalized spacial score (nSPS) is 19.6. The molecular weight excluding hydrogens is 596 g/mol. The van der Waals surface area contributed by atoms with Gasteiger partial charge in [-0.05, 0) is 36.4 Å². The minimum absolute atomic E-state index is 0.398. The monoisotopic (exact) mass is 620 g/mol. The van der Waals surface area contributed by atoms with E-state index in [0.29, 0.717) is 0 Å². The maximum Gasteiger partial charge on any atom is 0.338 e. The Morgan fingerprint density at radius 2 is 0.977 bits per heavy atom. The first-order valence-electron chi connectivity index (χ1n) is 12.3. The molecule has 0 aromatic heterocycles. The van der Waals surface area contributed by atoms with Crippen LogP contribution in [0.3, 0.4) is 0 Å². The number of hydrogen-bond donors (Lipinski definition) is 10. The summed E-state index contributed by atoms with van der Waals surface area (Å²) in [6, 6.07) is 4.54. The molecule has 4 atom stereocenters. The van der Waals surface area contributed by atoms with Crippen LogP contribution in [-0.2, 0) is 18.9 Å². The molecule has 0 amide bonds. The van der Waals surface area contributed by atoms with Gasteiger partial charge in [-0.15, -0.1) is 0 Å². The number of benzene rings is 3. The Bertz CT molecular complexity index is 1550. The maximum atomic E-state index is 12.9. The van der Waals surface area contributed by atoms with Crippen LogP contribution in [0.15, 0.2) is 36.4 Å². The van der Waals surface area contributed by atoms with Crippen LogP contribution < -0.4 is 0 Å². The Kier molecular flexibility index (Phi) is 8.63. The summed E-state index contributed by atoms with van der Waals surface area (Å²) in [5, 5.41) is 97.7. The van der Waals surface area contributed by atoms with Gasteiger partial charge in [0.15, 0.2) is 64.0 Å². The predicted molar refractivity (Wildman–Crippen MR) is 139 cm³/mol. The second-order valence-electron chi connectivity index (χ2n) is 9.36. The number of hydrogen-bond acceptors (Lipinski definition) is 17. The van der Waals surface area contributed by atoms with Gasteiger partial charge in [0.05, 0.1) is 23.3 Å². The van der Waals surface area contributed by atoms with Gasteiger partial charge >= 0.3 is 17.9 Å². The summed E-state index contributed by atoms with van der Waals surface area (Å²) in [5.74, 6) is -11.6. The predicted octanol–water partition coefficient (Wildman–Crippen LogP) is 0.405. The summed E-state index contributed by atoms with van der Waals surface area (Å²) >= 11 is 0. The van der Waals surface area contributed by atoms with E-state index in [-0.39, 0.29) is 0 Å². The van der Waals surface area contributed by atoms with Crippen molar-refractivity contribution < 1.29 is 84.4 Å². The number of aliphatic hydroxyl groups is 1. The molecule has 17 nitrogen and oxygen atoms in total. The molecule has 3 aromatic rings. The van der Waals surface area contributed by atoms with Gasteiger partial charge in [0.1, 0.15) is 18.8 Å². The van der Waals surface area contributed by atoms with Crippen LogP contribution in [0.25, 0.3) is 0 Å². The average molecular weight is 620 g/mol. The smallest absolute Gasteiger partial charge is 0.338 e. The molecule has 0 saturated carbocycles. The lowest BCUT2D eigenvalue weighted by molar-refractivity contribution is -0.196. The molecule has 10 N–H and O–H groups in total. The molecule has 0 aliphatic carbocycles. The molecule has 44 heavy (non-hydrogen) atoms. The van der Waals surface area contributed by atoms with Gasteiger partial charge in [0.25, 0.3) is 0 Å². The first-order valence-corrected chi connectivity index (χ1v) is 12.3. The molecule has 0 unspecified atom stereocenters. The van der Waals surface area contributed by atoms with Crippen molar-refractivity contribution in [2.75, 3.05) is 13.2 Å². The van der Waals surface area contributed by atoms with E-state index in [1.807, 2.05) is 0 Å². The Balaban J connectivity index is 1.56. The van der Waals surface area contributed by atoms with Gasteiger partial charge < -0.3 is 70.0 Å². The zero-order valence-electron chi connectivity index (χ0n) is 22.0. The molecule has 4 rings (SSSR count). The zero-order valence-corrected chi connectivity index (χ0v) is 22.0. The lowest BCUT2D eigenvalue weighted by Gasteiger charge is -2.38. The Morgan fingerprint density at radius 1 is 0.614 bits per heavy atom. The fourth-order valence-electron chi connectivity index (χ4n) is 4.04. The Hall–Kier alpha value is -5.81. The largest absolute Gasteiger partial charge is 0.504 e. The van der Waals surface area contributed by atoms with Gasteiger partial charge in [-0.25, -0.2) is 14.4 Å². The van der Waals surface area contributed by atoms with Crippen molar-refractivity contribution in [3.63, 3.8) is 0 Å². The molecule has 0 bridgehead atoms. The van der Waals surface area contributed by atoms with Gasteiger partial charge in [0.2, 0.25) is 0 Å². The highest BCUT2D eigenvalue weighted by molar-refractivity contribution is 5.92. The van der Waals surface area contributed by atoms with Crippen LogP contribution in [0.5, 0.6) is 51.7 Å². The Labute approximate surface area is 245 Å². The third-order valence-corrected chi connectivity index (χ3v) is 6.35. The summed E-state index contributed by atoms with van der Waals surface area (Å²) in [6.45, 7) is -1.33. The van der Waals surface area contributed by atoms with E-state index in [2.05, 4.69) is 0 Å². The number of esters is 3. The average Bonchev–Trinajstić information content (AvgIpc) is 2.97.